The summed E-state index contributed by atoms with van der Waals surface area (Å²) >= 11 is 0. The quantitative estimate of drug-likeness (QED) is 0.438. The molecule has 0 bridgehead atoms. The summed E-state index contributed by atoms with van der Waals surface area (Å²) in [7, 11) is -2.01. The normalized spacial score (nSPS) is 14.3. The first-order chi connectivity index (χ1) is 16.3. The van der Waals surface area contributed by atoms with Crippen LogP contribution in [0.15, 0.2) is 53.4 Å². The van der Waals surface area contributed by atoms with Crippen molar-refractivity contribution in [3.63, 3.8) is 0 Å². The molecule has 1 saturated carbocycles. The number of halogens is 3. The summed E-state index contributed by atoms with van der Waals surface area (Å²) in [6, 6.07) is 13.8. The maximum Gasteiger partial charge on any atom is 0.490 e. The number of nitrogens with one attached hydrogen (secondary N) is 2. The van der Waals surface area contributed by atoms with Crippen molar-refractivity contribution in [1.29, 1.82) is 0 Å². The molecular weight excluding hydrogens is 489 g/mol. The lowest BCUT2D eigenvalue weighted by atomic mass is 9.95. The van der Waals surface area contributed by atoms with E-state index in [1.54, 1.807) is 37.4 Å². The minimum atomic E-state index is -5.08. The first-order valence-electron chi connectivity index (χ1n) is 10.6. The zero-order valence-electron chi connectivity index (χ0n) is 19.2. The summed E-state index contributed by atoms with van der Waals surface area (Å²) < 4.78 is 64.4. The van der Waals surface area contributed by atoms with Gasteiger partial charge in [-0.1, -0.05) is 24.3 Å². The maximum atomic E-state index is 12.6. The fourth-order valence-electron chi connectivity index (χ4n) is 3.21. The third-order valence-electron chi connectivity index (χ3n) is 5.23. The van der Waals surface area contributed by atoms with Gasteiger partial charge in [-0.2, -0.15) is 13.2 Å². The minimum absolute atomic E-state index is 0.0247. The Kier molecular flexibility index (Phi) is 9.27. The molecule has 0 heterocycles. The summed E-state index contributed by atoms with van der Waals surface area (Å²) in [4.78, 5) is 21.7. The van der Waals surface area contributed by atoms with Gasteiger partial charge in [0.15, 0.2) is 0 Å². The number of amides is 1. The first kappa shape index (κ1) is 28.1. The zero-order valence-corrected chi connectivity index (χ0v) is 20.0. The predicted octanol–water partition coefficient (Wildman–Crippen LogP) is 3.61. The lowest BCUT2D eigenvalue weighted by molar-refractivity contribution is -0.192. The van der Waals surface area contributed by atoms with E-state index in [-0.39, 0.29) is 10.8 Å². The third kappa shape index (κ3) is 7.96. The van der Waals surface area contributed by atoms with Crippen LogP contribution in [0.3, 0.4) is 0 Å². The van der Waals surface area contributed by atoms with Crippen LogP contribution in [-0.4, -0.2) is 51.8 Å². The molecule has 2 aromatic carbocycles. The van der Waals surface area contributed by atoms with Gasteiger partial charge >= 0.3 is 12.1 Å². The molecule has 0 radical (unpaired) electrons. The molecule has 0 aromatic heterocycles. The van der Waals surface area contributed by atoms with Gasteiger partial charge in [0, 0.05) is 25.9 Å². The fourth-order valence-corrected chi connectivity index (χ4v) is 4.38. The highest BCUT2D eigenvalue weighted by atomic mass is 32.2. The van der Waals surface area contributed by atoms with Crippen molar-refractivity contribution in [2.24, 2.45) is 0 Å². The van der Waals surface area contributed by atoms with E-state index in [1.807, 2.05) is 25.1 Å². The average molecular weight is 517 g/mol. The van der Waals surface area contributed by atoms with Gasteiger partial charge in [-0.15, -0.1) is 0 Å². The molecule has 0 spiro atoms. The molecular formula is C23H27F3N2O6S. The van der Waals surface area contributed by atoms with Crippen molar-refractivity contribution >= 4 is 27.6 Å². The number of anilines is 1. The van der Waals surface area contributed by atoms with Gasteiger partial charge in [-0.05, 0) is 61.6 Å². The largest absolute Gasteiger partial charge is 0.490 e. The van der Waals surface area contributed by atoms with Crippen molar-refractivity contribution in [2.75, 3.05) is 25.0 Å². The predicted molar refractivity (Wildman–Crippen MR) is 123 cm³/mol. The van der Waals surface area contributed by atoms with Crippen molar-refractivity contribution < 1.29 is 41.0 Å². The van der Waals surface area contributed by atoms with Crippen LogP contribution in [0.4, 0.5) is 18.9 Å². The lowest BCUT2D eigenvalue weighted by Crippen LogP contribution is -2.35. The number of hydrogen-bond donors (Lipinski definition) is 3. The van der Waals surface area contributed by atoms with Crippen LogP contribution in [0.25, 0.3) is 0 Å². The van der Waals surface area contributed by atoms with E-state index in [2.05, 4.69) is 10.0 Å². The second kappa shape index (κ2) is 11.5. The number of benzene rings is 2. The number of alkyl halides is 3. The van der Waals surface area contributed by atoms with Crippen LogP contribution in [-0.2, 0) is 29.8 Å². The number of ether oxygens (including phenoxy) is 1. The van der Waals surface area contributed by atoms with Crippen LogP contribution in [0.1, 0.15) is 30.4 Å². The van der Waals surface area contributed by atoms with Crippen molar-refractivity contribution in [2.45, 2.75) is 42.7 Å². The average Bonchev–Trinajstić information content (AvgIpc) is 3.59. The summed E-state index contributed by atoms with van der Waals surface area (Å²) in [5.41, 5.74) is 1.78. The monoisotopic (exact) mass is 516 g/mol. The summed E-state index contributed by atoms with van der Waals surface area (Å²) in [6.45, 7) is 3.05. The molecule has 192 valence electrons. The Labute approximate surface area is 201 Å². The molecule has 1 fully saturated rings. The number of sulfonamides is 1. The molecule has 0 aliphatic heterocycles. The van der Waals surface area contributed by atoms with Crippen molar-refractivity contribution in [3.8, 4) is 0 Å². The van der Waals surface area contributed by atoms with Gasteiger partial charge in [0.1, 0.15) is 0 Å². The summed E-state index contributed by atoms with van der Waals surface area (Å²) in [6.07, 6.45) is -2.70. The number of carbonyl (C=O) groups is 2. The number of rotatable bonds is 9. The van der Waals surface area contributed by atoms with E-state index >= 15 is 0 Å². The molecule has 3 N–H and O–H groups in total. The molecule has 1 aliphatic carbocycles. The van der Waals surface area contributed by atoms with E-state index in [9.17, 15) is 26.4 Å². The number of carbonyl (C=O) groups excluding carboxylic acids is 1. The summed E-state index contributed by atoms with van der Waals surface area (Å²) in [5.74, 6) is -2.73. The second-order valence-corrected chi connectivity index (χ2v) is 9.67. The van der Waals surface area contributed by atoms with E-state index in [0.29, 0.717) is 18.8 Å². The maximum absolute atomic E-state index is 12.6. The molecule has 35 heavy (non-hydrogen) atoms. The number of carboxylic acid groups (broad SMARTS) is 1. The third-order valence-corrected chi connectivity index (χ3v) is 6.61. The van der Waals surface area contributed by atoms with Gasteiger partial charge < -0.3 is 15.2 Å². The smallest absolute Gasteiger partial charge is 0.475 e. The fraction of sp³-hybridized carbons (Fsp3) is 0.391. The highest BCUT2D eigenvalue weighted by Gasteiger charge is 2.51. The minimum Gasteiger partial charge on any atom is -0.475 e. The molecule has 2 aromatic rings. The van der Waals surface area contributed by atoms with Crippen molar-refractivity contribution in [3.05, 3.63) is 59.7 Å². The molecule has 0 saturated heterocycles. The van der Waals surface area contributed by atoms with Gasteiger partial charge in [0.25, 0.3) is 10.0 Å². The van der Waals surface area contributed by atoms with Crippen LogP contribution in [0.5, 0.6) is 0 Å². The molecule has 8 nitrogen and oxygen atoms in total. The standard InChI is InChI=1S/C21H26N2O4S.C2HF3O2/c1-16-5-3-6-19(15-16)28(25,26)23-18-9-7-17(8-10-18)21(11-12-21)20(24)22-13-4-14-27-2;3-2(4,5)1(6)7/h3,5-10,15,23H,4,11-14H2,1-2H3,(H,22,24);(H,6,7). The Morgan fingerprint density at radius 2 is 1.71 bits per heavy atom. The first-order valence-corrected chi connectivity index (χ1v) is 12.1. The van der Waals surface area contributed by atoms with Gasteiger partial charge in [-0.25, -0.2) is 13.2 Å². The number of hydrogen-bond acceptors (Lipinski definition) is 5. The van der Waals surface area contributed by atoms with Crippen LogP contribution < -0.4 is 10.0 Å². The number of carboxylic acids is 1. The van der Waals surface area contributed by atoms with Crippen LogP contribution in [0, 0.1) is 6.92 Å². The Morgan fingerprint density at radius 3 is 2.20 bits per heavy atom. The molecule has 0 atom stereocenters. The number of aryl methyl sites for hydroxylation is 1. The molecule has 12 heteroatoms. The van der Waals surface area contributed by atoms with Gasteiger partial charge in [-0.3, -0.25) is 9.52 Å². The van der Waals surface area contributed by atoms with Gasteiger partial charge in [0.05, 0.1) is 10.3 Å². The Bertz CT molecular complexity index is 1130. The number of aliphatic carboxylic acids is 1. The Morgan fingerprint density at radius 1 is 1.11 bits per heavy atom. The topological polar surface area (TPSA) is 122 Å². The second-order valence-electron chi connectivity index (χ2n) is 7.99. The molecule has 0 unspecified atom stereocenters. The van der Waals surface area contributed by atoms with Gasteiger partial charge in [0.2, 0.25) is 5.91 Å². The highest BCUT2D eigenvalue weighted by Crippen LogP contribution is 2.48. The zero-order chi connectivity index (χ0) is 26.3. The Hall–Kier alpha value is -3.12. The van der Waals surface area contributed by atoms with E-state index in [1.165, 1.54) is 0 Å². The number of methoxy groups -OCH3 is 1. The van der Waals surface area contributed by atoms with Crippen LogP contribution in [0.2, 0.25) is 0 Å². The molecule has 1 aliphatic rings. The van der Waals surface area contributed by atoms with Crippen molar-refractivity contribution in [1.82, 2.24) is 5.32 Å². The van der Waals surface area contributed by atoms with E-state index in [0.717, 1.165) is 30.4 Å². The highest BCUT2D eigenvalue weighted by molar-refractivity contribution is 7.92. The van der Waals surface area contributed by atoms with Crippen LogP contribution >= 0.6 is 0 Å². The SMILES string of the molecule is COCCCNC(=O)C1(c2ccc(NS(=O)(=O)c3cccc(C)c3)cc2)CC1.O=C(O)C(F)(F)F. The Balaban J connectivity index is 0.000000540. The lowest BCUT2D eigenvalue weighted by Gasteiger charge is -2.16. The molecule has 3 rings (SSSR count). The van der Waals surface area contributed by atoms with E-state index < -0.39 is 27.6 Å². The summed E-state index contributed by atoms with van der Waals surface area (Å²) in [5, 5.41) is 10.1. The molecule has 1 amide bonds. The van der Waals surface area contributed by atoms with E-state index in [4.69, 9.17) is 14.6 Å².